The van der Waals surface area contributed by atoms with Gasteiger partial charge in [0.1, 0.15) is 5.76 Å². The van der Waals surface area contributed by atoms with E-state index < -0.39 is 17.7 Å². The Balaban J connectivity index is 2.09. The van der Waals surface area contributed by atoms with Crippen LogP contribution in [-0.2, 0) is 9.59 Å². The van der Waals surface area contributed by atoms with Crippen molar-refractivity contribution in [1.29, 1.82) is 0 Å². The molecular formula is C19H20N2O3S. The monoisotopic (exact) mass is 356 g/mol. The largest absolute Gasteiger partial charge is 0.507 e. The molecule has 0 spiro atoms. The highest BCUT2D eigenvalue weighted by atomic mass is 32.1. The summed E-state index contributed by atoms with van der Waals surface area (Å²) in [6.45, 7) is 1.06. The number of hydrogen-bond donors (Lipinski definition) is 1. The fourth-order valence-corrected chi connectivity index (χ4v) is 3.76. The summed E-state index contributed by atoms with van der Waals surface area (Å²) in [5, 5.41) is 12.7. The van der Waals surface area contributed by atoms with Crippen LogP contribution in [0, 0.1) is 0 Å². The lowest BCUT2D eigenvalue weighted by molar-refractivity contribution is -0.140. The van der Waals surface area contributed by atoms with Crippen LogP contribution < -0.4 is 0 Å². The number of rotatable bonds is 5. The van der Waals surface area contributed by atoms with Crippen molar-refractivity contribution in [2.75, 3.05) is 27.2 Å². The molecule has 1 aromatic carbocycles. The van der Waals surface area contributed by atoms with Crippen LogP contribution in [0.15, 0.2) is 53.4 Å². The fourth-order valence-electron chi connectivity index (χ4n) is 2.91. The first-order valence-electron chi connectivity index (χ1n) is 8.02. The van der Waals surface area contributed by atoms with Crippen molar-refractivity contribution in [3.63, 3.8) is 0 Å². The van der Waals surface area contributed by atoms with Crippen LogP contribution in [0.5, 0.6) is 0 Å². The standard InChI is InChI=1S/C19H20N2O3S/c1-20(2)10-11-21-16(14-9-6-12-25-14)15(18(23)19(21)24)17(22)13-7-4-3-5-8-13/h3-9,12,16,22H,10-11H2,1-2H3/b17-15-. The minimum absolute atomic E-state index is 0.121. The molecule has 0 bridgehead atoms. The summed E-state index contributed by atoms with van der Waals surface area (Å²) >= 11 is 1.47. The van der Waals surface area contributed by atoms with Crippen LogP contribution in [0.2, 0.25) is 0 Å². The molecule has 1 amide bonds. The third-order valence-electron chi connectivity index (χ3n) is 4.19. The Labute approximate surface area is 150 Å². The van der Waals surface area contributed by atoms with E-state index in [-0.39, 0.29) is 11.3 Å². The van der Waals surface area contributed by atoms with Gasteiger partial charge in [-0.3, -0.25) is 9.59 Å². The SMILES string of the molecule is CN(C)CCN1C(=O)C(=O)/C(=C(\O)c2ccccc2)C1c1cccs1. The van der Waals surface area contributed by atoms with Crippen molar-refractivity contribution in [2.45, 2.75) is 6.04 Å². The first-order chi connectivity index (χ1) is 12.0. The van der Waals surface area contributed by atoms with E-state index in [0.29, 0.717) is 18.7 Å². The predicted molar refractivity (Wildman–Crippen MR) is 98.3 cm³/mol. The smallest absolute Gasteiger partial charge is 0.295 e. The molecule has 1 saturated heterocycles. The molecule has 2 heterocycles. The van der Waals surface area contributed by atoms with Crippen LogP contribution >= 0.6 is 11.3 Å². The molecule has 5 nitrogen and oxygen atoms in total. The molecule has 0 aliphatic carbocycles. The number of nitrogens with zero attached hydrogens (tertiary/aromatic N) is 2. The molecule has 1 aromatic heterocycles. The van der Waals surface area contributed by atoms with Crippen LogP contribution in [0.1, 0.15) is 16.5 Å². The van der Waals surface area contributed by atoms with Crippen molar-refractivity contribution in [1.82, 2.24) is 9.80 Å². The van der Waals surface area contributed by atoms with Crippen LogP contribution in [0.3, 0.4) is 0 Å². The molecule has 1 unspecified atom stereocenters. The molecule has 130 valence electrons. The number of likely N-dealkylation sites (N-methyl/N-ethyl adjacent to an activating group) is 1. The van der Waals surface area contributed by atoms with Gasteiger partial charge < -0.3 is 14.9 Å². The summed E-state index contributed by atoms with van der Waals surface area (Å²) in [7, 11) is 3.83. The summed E-state index contributed by atoms with van der Waals surface area (Å²) < 4.78 is 0. The quantitative estimate of drug-likeness (QED) is 0.508. The zero-order valence-electron chi connectivity index (χ0n) is 14.2. The van der Waals surface area contributed by atoms with E-state index in [1.165, 1.54) is 11.3 Å². The second-order valence-electron chi connectivity index (χ2n) is 6.18. The van der Waals surface area contributed by atoms with Gasteiger partial charge in [-0.15, -0.1) is 11.3 Å². The second kappa shape index (κ2) is 7.21. The van der Waals surface area contributed by atoms with Gasteiger partial charge in [0.2, 0.25) is 0 Å². The van der Waals surface area contributed by atoms with E-state index in [4.69, 9.17) is 0 Å². The van der Waals surface area contributed by atoms with E-state index in [1.54, 1.807) is 29.2 Å². The highest BCUT2D eigenvalue weighted by Crippen LogP contribution is 2.40. The molecule has 1 fully saturated rings. The minimum Gasteiger partial charge on any atom is -0.507 e. The Morgan fingerprint density at radius 1 is 1.16 bits per heavy atom. The summed E-state index contributed by atoms with van der Waals surface area (Å²) in [6.07, 6.45) is 0. The number of ketones is 1. The number of Topliss-reactive ketones (excluding diaryl/α,β-unsaturated/α-hetero) is 1. The van der Waals surface area contributed by atoms with Crippen LogP contribution in [0.25, 0.3) is 5.76 Å². The highest BCUT2D eigenvalue weighted by Gasteiger charge is 2.46. The summed E-state index contributed by atoms with van der Waals surface area (Å²) in [4.78, 5) is 29.6. The van der Waals surface area contributed by atoms with E-state index in [9.17, 15) is 14.7 Å². The van der Waals surface area contributed by atoms with E-state index in [2.05, 4.69) is 0 Å². The molecule has 25 heavy (non-hydrogen) atoms. The van der Waals surface area contributed by atoms with Gasteiger partial charge in [0.25, 0.3) is 11.7 Å². The molecule has 6 heteroatoms. The number of carbonyl (C=O) groups excluding carboxylic acids is 2. The summed E-state index contributed by atoms with van der Waals surface area (Å²) in [6, 6.07) is 12.1. The van der Waals surface area contributed by atoms with Gasteiger partial charge in [0.15, 0.2) is 0 Å². The number of likely N-dealkylation sites (tertiary alicyclic amines) is 1. The average Bonchev–Trinajstić information content (AvgIpc) is 3.21. The van der Waals surface area contributed by atoms with Gasteiger partial charge in [-0.05, 0) is 25.5 Å². The van der Waals surface area contributed by atoms with E-state index >= 15 is 0 Å². The fraction of sp³-hybridized carbons (Fsp3) is 0.263. The molecule has 1 aliphatic rings. The zero-order chi connectivity index (χ0) is 18.0. The number of aliphatic hydroxyl groups excluding tert-OH is 1. The van der Waals surface area contributed by atoms with Gasteiger partial charge in [-0.25, -0.2) is 0 Å². The molecule has 1 N–H and O–H groups in total. The van der Waals surface area contributed by atoms with Gasteiger partial charge in [0.05, 0.1) is 11.6 Å². The Kier molecular flexibility index (Phi) is 5.01. The molecule has 1 atom stereocenters. The van der Waals surface area contributed by atoms with Gasteiger partial charge in [-0.2, -0.15) is 0 Å². The summed E-state index contributed by atoms with van der Waals surface area (Å²) in [5.41, 5.74) is 0.701. The van der Waals surface area contributed by atoms with Gasteiger partial charge in [0, 0.05) is 23.5 Å². The maximum Gasteiger partial charge on any atom is 0.295 e. The number of aliphatic hydroxyl groups is 1. The van der Waals surface area contributed by atoms with Crippen molar-refractivity contribution in [2.24, 2.45) is 0 Å². The van der Waals surface area contributed by atoms with Gasteiger partial charge >= 0.3 is 0 Å². The number of amides is 1. The topological polar surface area (TPSA) is 60.9 Å². The first kappa shape index (κ1) is 17.4. The first-order valence-corrected chi connectivity index (χ1v) is 8.90. The van der Waals surface area contributed by atoms with Crippen molar-refractivity contribution >= 4 is 28.8 Å². The van der Waals surface area contributed by atoms with Crippen LogP contribution in [-0.4, -0.2) is 53.8 Å². The Morgan fingerprint density at radius 2 is 1.88 bits per heavy atom. The number of carbonyl (C=O) groups is 2. The third kappa shape index (κ3) is 3.36. The molecule has 1 aliphatic heterocycles. The lowest BCUT2D eigenvalue weighted by Crippen LogP contribution is -2.35. The number of benzene rings is 1. The van der Waals surface area contributed by atoms with Crippen molar-refractivity contribution in [3.8, 4) is 0 Å². The summed E-state index contributed by atoms with van der Waals surface area (Å²) in [5.74, 6) is -1.30. The molecule has 2 aromatic rings. The number of hydrogen-bond acceptors (Lipinski definition) is 5. The predicted octanol–water partition coefficient (Wildman–Crippen LogP) is 2.73. The van der Waals surface area contributed by atoms with E-state index in [0.717, 1.165) is 4.88 Å². The Bertz CT molecular complexity index is 797. The Morgan fingerprint density at radius 3 is 2.48 bits per heavy atom. The number of thiophene rings is 1. The second-order valence-corrected chi connectivity index (χ2v) is 7.16. The molecule has 0 radical (unpaired) electrons. The molecular weight excluding hydrogens is 336 g/mol. The van der Waals surface area contributed by atoms with Crippen LogP contribution in [0.4, 0.5) is 0 Å². The lowest BCUT2D eigenvalue weighted by atomic mass is 10.00. The van der Waals surface area contributed by atoms with Crippen molar-refractivity contribution in [3.05, 3.63) is 63.9 Å². The lowest BCUT2D eigenvalue weighted by Gasteiger charge is -2.25. The average molecular weight is 356 g/mol. The maximum absolute atomic E-state index is 12.7. The zero-order valence-corrected chi connectivity index (χ0v) is 15.0. The molecule has 0 saturated carbocycles. The normalized spacial score (nSPS) is 19.8. The van der Waals surface area contributed by atoms with Crippen molar-refractivity contribution < 1.29 is 14.7 Å². The minimum atomic E-state index is -0.626. The van der Waals surface area contributed by atoms with Gasteiger partial charge in [-0.1, -0.05) is 36.4 Å². The Hall–Kier alpha value is -2.44. The van der Waals surface area contributed by atoms with E-state index in [1.807, 2.05) is 42.6 Å². The molecule has 3 rings (SSSR count). The maximum atomic E-state index is 12.7. The highest BCUT2D eigenvalue weighted by molar-refractivity contribution is 7.10. The third-order valence-corrected chi connectivity index (χ3v) is 5.11.